The van der Waals surface area contributed by atoms with Gasteiger partial charge in [-0.2, -0.15) is 0 Å². The van der Waals surface area contributed by atoms with E-state index in [-0.39, 0.29) is 54.9 Å². The maximum Gasteiger partial charge on any atom is 0.293 e. The summed E-state index contributed by atoms with van der Waals surface area (Å²) in [6.45, 7) is 1.82. The Labute approximate surface area is 161 Å². The van der Waals surface area contributed by atoms with Gasteiger partial charge in [-0.15, -0.1) is 36.2 Å². The molecule has 0 radical (unpaired) electrons. The Bertz CT molecular complexity index is 672. The maximum atomic E-state index is 12.0. The standard InChI is InChI=1S/C15H18N4O3S.2ClH/c20-13(17-10-3-1-5-16-8-10)7-11-9-23-15(18-11)19-14(21)12-4-2-6-22-12;;/h2,4,6,9-10,16H,1,3,5,7-8H2,(H,17,20)(H,18,19,21);2*1H/t10-;;/m0../s1. The van der Waals surface area contributed by atoms with Gasteiger partial charge < -0.3 is 15.1 Å². The Morgan fingerprint density at radius 3 is 2.92 bits per heavy atom. The van der Waals surface area contributed by atoms with Gasteiger partial charge in [0.1, 0.15) is 0 Å². The lowest BCUT2D eigenvalue weighted by atomic mass is 10.1. The van der Waals surface area contributed by atoms with Crippen molar-refractivity contribution in [2.75, 3.05) is 18.4 Å². The molecule has 25 heavy (non-hydrogen) atoms. The molecule has 1 fully saturated rings. The fourth-order valence-corrected chi connectivity index (χ4v) is 3.14. The van der Waals surface area contributed by atoms with E-state index in [1.807, 2.05) is 0 Å². The topological polar surface area (TPSA) is 96.3 Å². The Hall–Kier alpha value is -1.61. The van der Waals surface area contributed by atoms with Gasteiger partial charge in [0.05, 0.1) is 18.4 Å². The highest BCUT2D eigenvalue weighted by Crippen LogP contribution is 2.17. The molecule has 0 saturated carbocycles. The van der Waals surface area contributed by atoms with Crippen molar-refractivity contribution in [1.29, 1.82) is 0 Å². The van der Waals surface area contributed by atoms with E-state index in [1.165, 1.54) is 17.6 Å². The molecule has 10 heteroatoms. The second-order valence-electron chi connectivity index (χ2n) is 5.36. The lowest BCUT2D eigenvalue weighted by Gasteiger charge is -2.23. The summed E-state index contributed by atoms with van der Waals surface area (Å²) in [5.74, 6) is -0.175. The molecule has 1 saturated heterocycles. The molecule has 1 atom stereocenters. The van der Waals surface area contributed by atoms with Crippen LogP contribution in [-0.2, 0) is 11.2 Å². The summed E-state index contributed by atoms with van der Waals surface area (Å²) in [6.07, 6.45) is 3.72. The summed E-state index contributed by atoms with van der Waals surface area (Å²) in [4.78, 5) is 28.1. The van der Waals surface area contributed by atoms with Crippen molar-refractivity contribution in [1.82, 2.24) is 15.6 Å². The normalized spacial score (nSPS) is 16.2. The second kappa shape index (κ2) is 10.4. The van der Waals surface area contributed by atoms with Crippen molar-refractivity contribution in [3.63, 3.8) is 0 Å². The first-order valence-electron chi connectivity index (χ1n) is 7.50. The summed E-state index contributed by atoms with van der Waals surface area (Å²) < 4.78 is 5.02. The van der Waals surface area contributed by atoms with Crippen molar-refractivity contribution in [3.05, 3.63) is 35.2 Å². The van der Waals surface area contributed by atoms with Crippen molar-refractivity contribution in [3.8, 4) is 0 Å². The van der Waals surface area contributed by atoms with E-state index in [0.717, 1.165) is 25.9 Å². The predicted octanol–water partition coefficient (Wildman–Crippen LogP) is 2.24. The minimum atomic E-state index is -0.353. The van der Waals surface area contributed by atoms with Gasteiger partial charge in [-0.3, -0.25) is 14.9 Å². The van der Waals surface area contributed by atoms with Crippen LogP contribution in [0.15, 0.2) is 28.2 Å². The highest BCUT2D eigenvalue weighted by atomic mass is 35.5. The van der Waals surface area contributed by atoms with Crippen LogP contribution in [-0.4, -0.2) is 35.9 Å². The van der Waals surface area contributed by atoms with Gasteiger partial charge in [-0.05, 0) is 31.5 Å². The summed E-state index contributed by atoms with van der Waals surface area (Å²) in [5.41, 5.74) is 0.644. The molecule has 1 aliphatic rings. The van der Waals surface area contributed by atoms with E-state index in [9.17, 15) is 9.59 Å². The number of anilines is 1. The number of carbonyl (C=O) groups is 2. The molecule has 2 amide bonds. The van der Waals surface area contributed by atoms with E-state index < -0.39 is 0 Å². The van der Waals surface area contributed by atoms with E-state index in [4.69, 9.17) is 4.42 Å². The molecular formula is C15H20Cl2N4O3S. The molecule has 0 aromatic carbocycles. The smallest absolute Gasteiger partial charge is 0.293 e. The number of thiazole rings is 1. The lowest BCUT2D eigenvalue weighted by Crippen LogP contribution is -2.46. The van der Waals surface area contributed by atoms with Crippen LogP contribution in [0.2, 0.25) is 0 Å². The molecule has 3 heterocycles. The molecule has 2 aromatic rings. The Kier molecular flexibility index (Phi) is 8.91. The van der Waals surface area contributed by atoms with Crippen LogP contribution in [0.5, 0.6) is 0 Å². The van der Waals surface area contributed by atoms with Crippen LogP contribution in [0.3, 0.4) is 0 Å². The van der Waals surface area contributed by atoms with E-state index in [0.29, 0.717) is 10.8 Å². The molecule has 0 bridgehead atoms. The number of rotatable bonds is 5. The molecule has 138 valence electrons. The summed E-state index contributed by atoms with van der Waals surface area (Å²) >= 11 is 1.29. The largest absolute Gasteiger partial charge is 0.459 e. The van der Waals surface area contributed by atoms with Gasteiger partial charge in [0.2, 0.25) is 5.91 Å². The van der Waals surface area contributed by atoms with Gasteiger partial charge in [0.25, 0.3) is 5.91 Å². The van der Waals surface area contributed by atoms with E-state index >= 15 is 0 Å². The summed E-state index contributed by atoms with van der Waals surface area (Å²) in [7, 11) is 0. The molecule has 0 spiro atoms. The number of halogens is 2. The predicted molar refractivity (Wildman–Crippen MR) is 101 cm³/mol. The third-order valence-electron chi connectivity index (χ3n) is 3.52. The third-order valence-corrected chi connectivity index (χ3v) is 4.33. The molecule has 3 N–H and O–H groups in total. The highest BCUT2D eigenvalue weighted by Gasteiger charge is 2.17. The first-order chi connectivity index (χ1) is 11.2. The van der Waals surface area contributed by atoms with Crippen LogP contribution in [0, 0.1) is 0 Å². The molecule has 2 aromatic heterocycles. The Morgan fingerprint density at radius 1 is 1.40 bits per heavy atom. The number of nitrogens with zero attached hydrogens (tertiary/aromatic N) is 1. The average molecular weight is 407 g/mol. The van der Waals surface area contributed by atoms with Crippen molar-refractivity contribution < 1.29 is 14.0 Å². The van der Waals surface area contributed by atoms with Gasteiger partial charge in [-0.1, -0.05) is 0 Å². The first-order valence-corrected chi connectivity index (χ1v) is 8.38. The maximum absolute atomic E-state index is 12.0. The zero-order chi connectivity index (χ0) is 16.1. The third kappa shape index (κ3) is 6.32. The average Bonchev–Trinajstić information content (AvgIpc) is 3.20. The fraction of sp³-hybridized carbons (Fsp3) is 0.400. The number of aromatic nitrogens is 1. The number of piperidine rings is 1. The van der Waals surface area contributed by atoms with Gasteiger partial charge in [0, 0.05) is 18.0 Å². The summed E-state index contributed by atoms with van der Waals surface area (Å²) in [5, 5.41) is 11.1. The Morgan fingerprint density at radius 2 is 2.24 bits per heavy atom. The van der Waals surface area contributed by atoms with E-state index in [1.54, 1.807) is 17.5 Å². The summed E-state index contributed by atoms with van der Waals surface area (Å²) in [6, 6.07) is 3.41. The second-order valence-corrected chi connectivity index (χ2v) is 6.22. The SMILES string of the molecule is Cl.Cl.O=C(Cc1csc(NC(=O)c2ccco2)n1)N[C@H]1CCCNC1. The molecule has 3 rings (SSSR count). The number of furan rings is 1. The number of hydrogen-bond acceptors (Lipinski definition) is 6. The van der Waals surface area contributed by atoms with Gasteiger partial charge in [0.15, 0.2) is 10.9 Å². The van der Waals surface area contributed by atoms with Crippen molar-refractivity contribution in [2.45, 2.75) is 25.3 Å². The zero-order valence-electron chi connectivity index (χ0n) is 13.3. The molecule has 7 nitrogen and oxygen atoms in total. The number of amides is 2. The molecule has 1 aliphatic heterocycles. The molecule has 0 aliphatic carbocycles. The van der Waals surface area contributed by atoms with Crippen molar-refractivity contribution >= 4 is 53.1 Å². The highest BCUT2D eigenvalue weighted by molar-refractivity contribution is 7.14. The number of nitrogens with one attached hydrogen (secondary N) is 3. The minimum absolute atomic E-state index is 0. The first kappa shape index (κ1) is 21.4. The van der Waals surface area contributed by atoms with Crippen molar-refractivity contribution in [2.24, 2.45) is 0 Å². The van der Waals surface area contributed by atoms with Crippen LogP contribution in [0.4, 0.5) is 5.13 Å². The van der Waals surface area contributed by atoms with E-state index in [2.05, 4.69) is 20.9 Å². The number of carbonyl (C=O) groups excluding carboxylic acids is 2. The van der Waals surface area contributed by atoms with Crippen LogP contribution in [0.25, 0.3) is 0 Å². The Balaban J connectivity index is 0.00000156. The number of hydrogen-bond donors (Lipinski definition) is 3. The monoisotopic (exact) mass is 406 g/mol. The van der Waals surface area contributed by atoms with Crippen LogP contribution in [0.1, 0.15) is 29.1 Å². The lowest BCUT2D eigenvalue weighted by molar-refractivity contribution is -0.121. The van der Waals surface area contributed by atoms with Crippen LogP contribution >= 0.6 is 36.2 Å². The van der Waals surface area contributed by atoms with Gasteiger partial charge in [-0.25, -0.2) is 4.98 Å². The fourth-order valence-electron chi connectivity index (χ4n) is 2.43. The zero-order valence-corrected chi connectivity index (χ0v) is 15.8. The minimum Gasteiger partial charge on any atom is -0.459 e. The molecular weight excluding hydrogens is 387 g/mol. The quantitative estimate of drug-likeness (QED) is 0.707. The van der Waals surface area contributed by atoms with Gasteiger partial charge >= 0.3 is 0 Å². The van der Waals surface area contributed by atoms with Crippen LogP contribution < -0.4 is 16.0 Å². The molecule has 0 unspecified atom stereocenters.